The molecule has 4 nitrogen and oxygen atoms in total. The van der Waals surface area contributed by atoms with Gasteiger partial charge in [0.05, 0.1) is 11.7 Å². The zero-order chi connectivity index (χ0) is 18.6. The van der Waals surface area contributed by atoms with Gasteiger partial charge in [-0.1, -0.05) is 12.1 Å². The van der Waals surface area contributed by atoms with E-state index in [1.165, 1.54) is 24.3 Å². The molecule has 2 aromatic carbocycles. The Morgan fingerprint density at radius 1 is 1.20 bits per heavy atom. The SMILES string of the molecule is O=C(NCC(O)c1ccc(OC(F)(F)F)cc1)c1ccc(F)cc1I. The highest BCUT2D eigenvalue weighted by Gasteiger charge is 2.31. The Labute approximate surface area is 153 Å². The van der Waals surface area contributed by atoms with Gasteiger partial charge in [-0.15, -0.1) is 13.2 Å². The van der Waals surface area contributed by atoms with Gasteiger partial charge in [0.15, 0.2) is 0 Å². The second-order valence-electron chi connectivity index (χ2n) is 4.97. The molecule has 9 heteroatoms. The van der Waals surface area contributed by atoms with E-state index in [-0.39, 0.29) is 12.1 Å². The van der Waals surface area contributed by atoms with Gasteiger partial charge in [0.25, 0.3) is 5.91 Å². The second-order valence-corrected chi connectivity index (χ2v) is 6.13. The summed E-state index contributed by atoms with van der Waals surface area (Å²) in [4.78, 5) is 12.0. The lowest BCUT2D eigenvalue weighted by atomic mass is 10.1. The van der Waals surface area contributed by atoms with Crippen molar-refractivity contribution in [2.24, 2.45) is 0 Å². The van der Waals surface area contributed by atoms with E-state index in [9.17, 15) is 27.5 Å². The average Bonchev–Trinajstić information content (AvgIpc) is 2.51. The largest absolute Gasteiger partial charge is 0.573 e. The first-order valence-corrected chi connectivity index (χ1v) is 8.00. The standard InChI is InChI=1S/C16H12F4INO3/c17-10-3-6-12(13(21)7-10)15(24)22-8-14(23)9-1-4-11(5-2-9)25-16(18,19)20/h1-7,14,23H,8H2,(H,22,24). The molecule has 0 saturated heterocycles. The lowest BCUT2D eigenvalue weighted by molar-refractivity contribution is -0.274. The summed E-state index contributed by atoms with van der Waals surface area (Å²) >= 11 is 1.81. The van der Waals surface area contributed by atoms with Crippen molar-refractivity contribution in [3.8, 4) is 5.75 Å². The van der Waals surface area contributed by atoms with E-state index in [2.05, 4.69) is 10.1 Å². The molecule has 1 unspecified atom stereocenters. The zero-order valence-corrected chi connectivity index (χ0v) is 14.6. The highest BCUT2D eigenvalue weighted by Crippen LogP contribution is 2.24. The van der Waals surface area contributed by atoms with Crippen molar-refractivity contribution >= 4 is 28.5 Å². The number of hydrogen-bond donors (Lipinski definition) is 2. The minimum absolute atomic E-state index is 0.161. The Balaban J connectivity index is 1.95. The van der Waals surface area contributed by atoms with Crippen molar-refractivity contribution in [1.82, 2.24) is 5.32 Å². The summed E-state index contributed by atoms with van der Waals surface area (Å²) in [6.07, 6.45) is -5.91. The third-order valence-corrected chi connectivity index (χ3v) is 4.02. The van der Waals surface area contributed by atoms with Crippen LogP contribution in [0.3, 0.4) is 0 Å². The number of carbonyl (C=O) groups excluding carboxylic acids is 1. The van der Waals surface area contributed by atoms with Crippen LogP contribution in [0.1, 0.15) is 22.0 Å². The third-order valence-electron chi connectivity index (χ3n) is 3.13. The number of aliphatic hydroxyl groups excluding tert-OH is 1. The van der Waals surface area contributed by atoms with Gasteiger partial charge in [-0.2, -0.15) is 0 Å². The number of aliphatic hydroxyl groups is 1. The molecule has 0 aliphatic rings. The fourth-order valence-electron chi connectivity index (χ4n) is 1.97. The molecule has 0 fully saturated rings. The van der Waals surface area contributed by atoms with E-state index in [0.29, 0.717) is 9.13 Å². The van der Waals surface area contributed by atoms with Crippen LogP contribution in [0, 0.1) is 9.39 Å². The molecule has 1 amide bonds. The average molecular weight is 469 g/mol. The Morgan fingerprint density at radius 3 is 2.40 bits per heavy atom. The highest BCUT2D eigenvalue weighted by molar-refractivity contribution is 14.1. The van der Waals surface area contributed by atoms with E-state index >= 15 is 0 Å². The number of ether oxygens (including phenoxy) is 1. The minimum Gasteiger partial charge on any atom is -0.406 e. The molecule has 0 saturated carbocycles. The van der Waals surface area contributed by atoms with E-state index in [4.69, 9.17) is 0 Å². The number of nitrogens with one attached hydrogen (secondary N) is 1. The van der Waals surface area contributed by atoms with E-state index in [1.807, 2.05) is 22.6 Å². The number of alkyl halides is 3. The normalized spacial score (nSPS) is 12.6. The highest BCUT2D eigenvalue weighted by atomic mass is 127. The Morgan fingerprint density at radius 2 is 1.84 bits per heavy atom. The maximum absolute atomic E-state index is 13.0. The molecule has 0 aromatic heterocycles. The fraction of sp³-hybridized carbons (Fsp3) is 0.188. The van der Waals surface area contributed by atoms with Crippen molar-refractivity contribution in [1.29, 1.82) is 0 Å². The maximum Gasteiger partial charge on any atom is 0.573 e. The summed E-state index contributed by atoms with van der Waals surface area (Å²) in [6, 6.07) is 8.33. The van der Waals surface area contributed by atoms with Crippen molar-refractivity contribution in [2.75, 3.05) is 6.54 Å². The van der Waals surface area contributed by atoms with Crippen LogP contribution in [0.15, 0.2) is 42.5 Å². The van der Waals surface area contributed by atoms with Gasteiger partial charge in [0, 0.05) is 10.1 Å². The van der Waals surface area contributed by atoms with Gasteiger partial charge in [-0.3, -0.25) is 4.79 Å². The lowest BCUT2D eigenvalue weighted by Crippen LogP contribution is -2.29. The fourth-order valence-corrected chi connectivity index (χ4v) is 2.69. The molecule has 1 atom stereocenters. The van der Waals surface area contributed by atoms with Gasteiger partial charge in [-0.25, -0.2) is 4.39 Å². The van der Waals surface area contributed by atoms with Crippen LogP contribution in [0.5, 0.6) is 5.75 Å². The Hall–Kier alpha value is -1.88. The molecule has 0 bridgehead atoms. The number of carbonyl (C=O) groups is 1. The molecule has 2 aromatic rings. The predicted molar refractivity (Wildman–Crippen MR) is 89.5 cm³/mol. The molecular weight excluding hydrogens is 457 g/mol. The van der Waals surface area contributed by atoms with Gasteiger partial charge < -0.3 is 15.2 Å². The van der Waals surface area contributed by atoms with Crippen LogP contribution < -0.4 is 10.1 Å². The molecule has 0 spiro atoms. The number of amides is 1. The first-order chi connectivity index (χ1) is 11.7. The minimum atomic E-state index is -4.79. The van der Waals surface area contributed by atoms with Crippen LogP contribution >= 0.6 is 22.6 Å². The Bertz CT molecular complexity index is 750. The molecule has 2 N–H and O–H groups in total. The number of rotatable bonds is 5. The van der Waals surface area contributed by atoms with Crippen LogP contribution in [0.2, 0.25) is 0 Å². The predicted octanol–water partition coefficient (Wildman–Crippen LogP) is 3.79. The van der Waals surface area contributed by atoms with Gasteiger partial charge in [-0.05, 0) is 58.5 Å². The number of benzene rings is 2. The topological polar surface area (TPSA) is 58.6 Å². The van der Waals surface area contributed by atoms with Gasteiger partial charge >= 0.3 is 6.36 Å². The summed E-state index contributed by atoms with van der Waals surface area (Å²) < 4.78 is 53.4. The summed E-state index contributed by atoms with van der Waals surface area (Å²) in [5.41, 5.74) is 0.562. The van der Waals surface area contributed by atoms with Gasteiger partial charge in [0.2, 0.25) is 0 Å². The van der Waals surface area contributed by atoms with E-state index in [1.54, 1.807) is 0 Å². The van der Waals surface area contributed by atoms with Gasteiger partial charge in [0.1, 0.15) is 11.6 Å². The van der Waals surface area contributed by atoms with Crippen molar-refractivity contribution < 1.29 is 32.2 Å². The molecule has 0 radical (unpaired) electrons. The van der Waals surface area contributed by atoms with Crippen LogP contribution in [-0.4, -0.2) is 23.9 Å². The zero-order valence-electron chi connectivity index (χ0n) is 12.5. The molecular formula is C16H12F4INO3. The van der Waals surface area contributed by atoms with E-state index in [0.717, 1.165) is 18.2 Å². The number of halogens is 5. The summed E-state index contributed by atoms with van der Waals surface area (Å²) in [7, 11) is 0. The molecule has 25 heavy (non-hydrogen) atoms. The second kappa shape index (κ2) is 8.00. The molecule has 0 aliphatic heterocycles. The summed E-state index contributed by atoms with van der Waals surface area (Å²) in [5.74, 6) is -1.38. The van der Waals surface area contributed by atoms with Crippen molar-refractivity contribution in [3.63, 3.8) is 0 Å². The van der Waals surface area contributed by atoms with Crippen LogP contribution in [-0.2, 0) is 0 Å². The molecule has 0 heterocycles. The molecule has 2 rings (SSSR count). The van der Waals surface area contributed by atoms with Crippen molar-refractivity contribution in [3.05, 3.63) is 63.0 Å². The lowest BCUT2D eigenvalue weighted by Gasteiger charge is -2.14. The third kappa shape index (κ3) is 5.85. The maximum atomic E-state index is 13.0. The monoisotopic (exact) mass is 469 g/mol. The van der Waals surface area contributed by atoms with Crippen LogP contribution in [0.4, 0.5) is 17.6 Å². The Kier molecular flexibility index (Phi) is 6.22. The van der Waals surface area contributed by atoms with E-state index < -0.39 is 29.9 Å². The molecule has 0 aliphatic carbocycles. The number of hydrogen-bond acceptors (Lipinski definition) is 3. The smallest absolute Gasteiger partial charge is 0.406 e. The first-order valence-electron chi connectivity index (χ1n) is 6.93. The quantitative estimate of drug-likeness (QED) is 0.518. The summed E-state index contributed by atoms with van der Waals surface area (Å²) in [5, 5.41) is 12.5. The first kappa shape index (κ1) is 19.4. The van der Waals surface area contributed by atoms with Crippen molar-refractivity contribution in [2.45, 2.75) is 12.5 Å². The van der Waals surface area contributed by atoms with Crippen LogP contribution in [0.25, 0.3) is 0 Å². The summed E-state index contributed by atoms with van der Waals surface area (Å²) in [6.45, 7) is -0.161. The molecule has 134 valence electrons.